The lowest BCUT2D eigenvalue weighted by atomic mass is 10.1. The van der Waals surface area contributed by atoms with Gasteiger partial charge in [-0.25, -0.2) is 9.78 Å². The fourth-order valence-corrected chi connectivity index (χ4v) is 3.68. The number of benzene rings is 2. The molecule has 0 aliphatic carbocycles. The summed E-state index contributed by atoms with van der Waals surface area (Å²) in [4.78, 5) is 28.8. The number of thiazole rings is 1. The summed E-state index contributed by atoms with van der Waals surface area (Å²) in [5.41, 5.74) is 2.61. The average Bonchev–Trinajstić information content (AvgIpc) is 3.02. The molecule has 0 unspecified atom stereocenters. The van der Waals surface area contributed by atoms with Crippen molar-refractivity contribution in [3.63, 3.8) is 0 Å². The maximum Gasteiger partial charge on any atom is 0.338 e. The summed E-state index contributed by atoms with van der Waals surface area (Å²) in [6, 6.07) is 12.4. The Hall–Kier alpha value is -2.84. The maximum absolute atomic E-state index is 12.3. The van der Waals surface area contributed by atoms with Gasteiger partial charge in [-0.3, -0.25) is 10.1 Å². The summed E-state index contributed by atoms with van der Waals surface area (Å²) in [5, 5.41) is 6.26. The van der Waals surface area contributed by atoms with Crippen molar-refractivity contribution in [1.29, 1.82) is 0 Å². The molecule has 0 bridgehead atoms. The Kier molecular flexibility index (Phi) is 6.01. The quantitative estimate of drug-likeness (QED) is 0.490. The second-order valence-electron chi connectivity index (χ2n) is 6.38. The third-order valence-corrected chi connectivity index (χ3v) is 4.94. The van der Waals surface area contributed by atoms with Gasteiger partial charge in [-0.1, -0.05) is 29.5 Å². The number of carbonyl (C=O) groups excluding carboxylic acids is 2. The van der Waals surface area contributed by atoms with Gasteiger partial charge in [0.2, 0.25) is 0 Å². The van der Waals surface area contributed by atoms with E-state index >= 15 is 0 Å². The number of thiocarbonyl (C=S) groups is 1. The van der Waals surface area contributed by atoms with E-state index in [1.807, 2.05) is 19.1 Å². The number of esters is 1. The van der Waals surface area contributed by atoms with Crippen molar-refractivity contribution in [3.05, 3.63) is 59.2 Å². The average molecular weight is 414 g/mol. The van der Waals surface area contributed by atoms with E-state index in [-0.39, 0.29) is 23.1 Å². The van der Waals surface area contributed by atoms with Crippen LogP contribution in [0.2, 0.25) is 0 Å². The highest BCUT2D eigenvalue weighted by molar-refractivity contribution is 7.80. The molecular weight excluding hydrogens is 394 g/mol. The van der Waals surface area contributed by atoms with Crippen LogP contribution in [-0.2, 0) is 4.74 Å². The highest BCUT2D eigenvalue weighted by Gasteiger charge is 2.14. The molecular formula is C20H19N3O3S2. The van der Waals surface area contributed by atoms with Gasteiger partial charge in [0.1, 0.15) is 0 Å². The van der Waals surface area contributed by atoms with Gasteiger partial charge < -0.3 is 10.1 Å². The van der Waals surface area contributed by atoms with Gasteiger partial charge in [0.15, 0.2) is 10.2 Å². The van der Waals surface area contributed by atoms with E-state index in [0.717, 1.165) is 15.8 Å². The Labute approximate surface area is 171 Å². The first-order valence-corrected chi connectivity index (χ1v) is 9.85. The summed E-state index contributed by atoms with van der Waals surface area (Å²) >= 11 is 6.56. The van der Waals surface area contributed by atoms with Crippen LogP contribution in [0.1, 0.15) is 40.1 Å². The molecule has 3 aromatic rings. The molecule has 2 N–H and O–H groups in total. The van der Waals surface area contributed by atoms with Crippen molar-refractivity contribution >= 4 is 55.9 Å². The zero-order valence-electron chi connectivity index (χ0n) is 15.6. The number of nitrogens with one attached hydrogen (secondary N) is 2. The van der Waals surface area contributed by atoms with E-state index in [2.05, 4.69) is 15.6 Å². The van der Waals surface area contributed by atoms with Gasteiger partial charge >= 0.3 is 5.97 Å². The molecule has 0 aliphatic heterocycles. The number of carbonyl (C=O) groups is 2. The molecule has 28 heavy (non-hydrogen) atoms. The molecule has 0 aliphatic rings. The molecule has 144 valence electrons. The summed E-state index contributed by atoms with van der Waals surface area (Å²) in [6.07, 6.45) is -0.184. The van der Waals surface area contributed by atoms with Crippen molar-refractivity contribution in [2.75, 3.05) is 5.32 Å². The van der Waals surface area contributed by atoms with Crippen molar-refractivity contribution in [3.8, 4) is 0 Å². The largest absolute Gasteiger partial charge is 0.459 e. The summed E-state index contributed by atoms with van der Waals surface area (Å²) in [6.45, 7) is 5.47. The number of amides is 1. The third-order valence-electron chi connectivity index (χ3n) is 3.80. The minimum Gasteiger partial charge on any atom is -0.459 e. The predicted octanol–water partition coefficient (Wildman–Crippen LogP) is 4.30. The number of aryl methyl sites for hydroxylation is 1. The molecule has 0 spiro atoms. The molecule has 0 radical (unpaired) electrons. The van der Waals surface area contributed by atoms with Gasteiger partial charge in [0.05, 0.1) is 21.9 Å². The van der Waals surface area contributed by atoms with Gasteiger partial charge in [-0.05, 0) is 62.8 Å². The van der Waals surface area contributed by atoms with Crippen LogP contribution < -0.4 is 10.6 Å². The zero-order valence-corrected chi connectivity index (χ0v) is 17.2. The van der Waals surface area contributed by atoms with Crippen molar-refractivity contribution in [1.82, 2.24) is 10.3 Å². The smallest absolute Gasteiger partial charge is 0.338 e. The fourth-order valence-electron chi connectivity index (χ4n) is 2.51. The summed E-state index contributed by atoms with van der Waals surface area (Å²) in [5.74, 6) is -0.656. The monoisotopic (exact) mass is 413 g/mol. The molecule has 0 saturated carbocycles. The van der Waals surface area contributed by atoms with Crippen molar-refractivity contribution in [2.24, 2.45) is 0 Å². The first-order valence-electron chi connectivity index (χ1n) is 8.63. The minimum absolute atomic E-state index is 0.159. The van der Waals surface area contributed by atoms with Crippen LogP contribution in [0.15, 0.2) is 42.5 Å². The number of ether oxygens (including phenoxy) is 1. The molecule has 1 amide bonds. The number of aromatic nitrogens is 1. The molecule has 2 aromatic carbocycles. The van der Waals surface area contributed by atoms with Gasteiger partial charge in [0, 0.05) is 5.56 Å². The molecule has 1 aromatic heterocycles. The molecule has 6 nitrogen and oxygen atoms in total. The Bertz CT molecular complexity index is 1060. The Morgan fingerprint density at radius 2 is 1.93 bits per heavy atom. The molecule has 8 heteroatoms. The normalized spacial score (nSPS) is 10.7. The number of nitrogens with zero attached hydrogens (tertiary/aromatic N) is 1. The zero-order chi connectivity index (χ0) is 20.3. The first kappa shape index (κ1) is 19.9. The Morgan fingerprint density at radius 3 is 2.64 bits per heavy atom. The lowest BCUT2D eigenvalue weighted by Crippen LogP contribution is -2.34. The van der Waals surface area contributed by atoms with E-state index in [9.17, 15) is 9.59 Å². The van der Waals surface area contributed by atoms with Gasteiger partial charge in [-0.15, -0.1) is 0 Å². The van der Waals surface area contributed by atoms with Crippen LogP contribution in [-0.4, -0.2) is 28.1 Å². The summed E-state index contributed by atoms with van der Waals surface area (Å²) < 4.78 is 6.03. The number of hydrogen-bond acceptors (Lipinski definition) is 6. The van der Waals surface area contributed by atoms with Crippen LogP contribution in [0.25, 0.3) is 10.2 Å². The molecule has 3 rings (SSSR count). The minimum atomic E-state index is -0.374. The second kappa shape index (κ2) is 8.45. The van der Waals surface area contributed by atoms with E-state index in [0.29, 0.717) is 16.3 Å². The highest BCUT2D eigenvalue weighted by Crippen LogP contribution is 2.27. The number of hydrogen-bond donors (Lipinski definition) is 2. The number of anilines is 1. The third kappa shape index (κ3) is 4.71. The number of rotatable bonds is 4. The lowest BCUT2D eigenvalue weighted by molar-refractivity contribution is 0.0378. The second-order valence-corrected chi connectivity index (χ2v) is 7.82. The van der Waals surface area contributed by atoms with Crippen molar-refractivity contribution in [2.45, 2.75) is 26.9 Å². The van der Waals surface area contributed by atoms with Gasteiger partial charge in [-0.2, -0.15) is 0 Å². The van der Waals surface area contributed by atoms with Crippen molar-refractivity contribution < 1.29 is 14.3 Å². The topological polar surface area (TPSA) is 80.3 Å². The Balaban J connectivity index is 1.70. The van der Waals surface area contributed by atoms with E-state index in [1.165, 1.54) is 11.3 Å². The summed E-state index contributed by atoms with van der Waals surface area (Å²) in [7, 11) is 0. The SMILES string of the molecule is Cc1ccccc1C(=O)NC(=S)Nc1nc2ccc(C(=O)OC(C)C)cc2s1. The fraction of sp³-hybridized carbons (Fsp3) is 0.200. The van der Waals surface area contributed by atoms with Crippen LogP contribution >= 0.6 is 23.6 Å². The van der Waals surface area contributed by atoms with Crippen LogP contribution in [0.3, 0.4) is 0 Å². The Morgan fingerprint density at radius 1 is 1.18 bits per heavy atom. The van der Waals surface area contributed by atoms with E-state index in [4.69, 9.17) is 17.0 Å². The maximum atomic E-state index is 12.3. The molecule has 0 saturated heterocycles. The van der Waals surface area contributed by atoms with Gasteiger partial charge in [0.25, 0.3) is 5.91 Å². The molecule has 1 heterocycles. The van der Waals surface area contributed by atoms with Crippen LogP contribution in [0.4, 0.5) is 5.13 Å². The van der Waals surface area contributed by atoms with E-state index in [1.54, 1.807) is 44.2 Å². The molecule has 0 atom stereocenters. The number of fused-ring (bicyclic) bond motifs is 1. The lowest BCUT2D eigenvalue weighted by Gasteiger charge is -2.08. The first-order chi connectivity index (χ1) is 13.3. The van der Waals surface area contributed by atoms with E-state index < -0.39 is 0 Å². The highest BCUT2D eigenvalue weighted by atomic mass is 32.1. The molecule has 0 fully saturated rings. The predicted molar refractivity (Wildman–Crippen MR) is 115 cm³/mol. The standard InChI is InChI=1S/C20H19N3O3S2/c1-11(2)26-18(25)13-8-9-15-16(10-13)28-20(21-15)23-19(27)22-17(24)14-7-5-4-6-12(14)3/h4-11H,1-3H3,(H2,21,22,23,24,27). The van der Waals surface area contributed by atoms with Crippen LogP contribution in [0, 0.1) is 6.92 Å². The van der Waals surface area contributed by atoms with Crippen LogP contribution in [0.5, 0.6) is 0 Å².